The Morgan fingerprint density at radius 3 is 2.53 bits per heavy atom. The highest BCUT2D eigenvalue weighted by Gasteiger charge is 2.12. The van der Waals surface area contributed by atoms with E-state index in [0.29, 0.717) is 19.8 Å². The Balaban J connectivity index is 3.65. The van der Waals surface area contributed by atoms with E-state index in [-0.39, 0.29) is 11.9 Å². The second-order valence-corrected chi connectivity index (χ2v) is 5.08. The van der Waals surface area contributed by atoms with Gasteiger partial charge < -0.3 is 10.1 Å². The lowest BCUT2D eigenvalue weighted by Crippen LogP contribution is -2.42. The average Bonchev–Trinajstić information content (AvgIpc) is 2.16. The molecule has 6 nitrogen and oxygen atoms in total. The van der Waals surface area contributed by atoms with Crippen LogP contribution in [0.5, 0.6) is 0 Å². The van der Waals surface area contributed by atoms with Gasteiger partial charge in [0, 0.05) is 6.61 Å². The zero-order chi connectivity index (χ0) is 11.7. The van der Waals surface area contributed by atoms with Crippen LogP contribution in [0.2, 0.25) is 0 Å². The standard InChI is InChI=1S/C8H21N3O3S/c1-8(10-3)11-15(12,13)6-4-5-14-7-9-2/h8-11H,4-7H2,1-3H3. The predicted octanol–water partition coefficient (Wildman–Crippen LogP) is -0.945. The first-order chi connectivity index (χ1) is 7.02. The molecule has 3 N–H and O–H groups in total. The minimum atomic E-state index is -3.19. The van der Waals surface area contributed by atoms with Crippen LogP contribution in [0.1, 0.15) is 13.3 Å². The summed E-state index contributed by atoms with van der Waals surface area (Å²) in [6, 6.07) is 0. The lowest BCUT2D eigenvalue weighted by molar-refractivity contribution is 0.123. The average molecular weight is 239 g/mol. The smallest absolute Gasteiger partial charge is 0.213 e. The van der Waals surface area contributed by atoms with Crippen LogP contribution in [0.3, 0.4) is 0 Å². The third-order valence-electron chi connectivity index (χ3n) is 1.74. The first-order valence-corrected chi connectivity index (χ1v) is 6.56. The molecule has 0 rings (SSSR count). The monoisotopic (exact) mass is 239 g/mol. The molecule has 0 aliphatic carbocycles. The lowest BCUT2D eigenvalue weighted by atomic mass is 10.5. The van der Waals surface area contributed by atoms with Gasteiger partial charge in [-0.05, 0) is 27.4 Å². The minimum absolute atomic E-state index is 0.0860. The molecule has 92 valence electrons. The molecule has 7 heteroatoms. The number of rotatable bonds is 9. The van der Waals surface area contributed by atoms with Crippen LogP contribution in [0.4, 0.5) is 0 Å². The van der Waals surface area contributed by atoms with E-state index in [4.69, 9.17) is 4.74 Å². The summed E-state index contributed by atoms with van der Waals surface area (Å²) in [5, 5.41) is 5.61. The van der Waals surface area contributed by atoms with Gasteiger partial charge in [-0.3, -0.25) is 5.32 Å². The molecular weight excluding hydrogens is 218 g/mol. The van der Waals surface area contributed by atoms with Crippen molar-refractivity contribution in [1.29, 1.82) is 0 Å². The highest BCUT2D eigenvalue weighted by molar-refractivity contribution is 7.89. The Labute approximate surface area is 91.8 Å². The van der Waals surface area contributed by atoms with Crippen molar-refractivity contribution < 1.29 is 13.2 Å². The molecule has 15 heavy (non-hydrogen) atoms. The molecular formula is C8H21N3O3S. The Hall–Kier alpha value is -0.210. The third-order valence-corrected chi connectivity index (χ3v) is 3.28. The third kappa shape index (κ3) is 8.76. The predicted molar refractivity (Wildman–Crippen MR) is 59.9 cm³/mol. The van der Waals surface area contributed by atoms with Gasteiger partial charge in [-0.2, -0.15) is 4.72 Å². The number of hydrogen-bond acceptors (Lipinski definition) is 5. The molecule has 1 atom stereocenters. The summed E-state index contributed by atoms with van der Waals surface area (Å²) in [6.07, 6.45) is 0.251. The van der Waals surface area contributed by atoms with Gasteiger partial charge in [0.05, 0.1) is 18.6 Å². The van der Waals surface area contributed by atoms with E-state index < -0.39 is 10.0 Å². The van der Waals surface area contributed by atoms with Crippen molar-refractivity contribution in [2.45, 2.75) is 19.5 Å². The summed E-state index contributed by atoms with van der Waals surface area (Å²) in [5.74, 6) is 0.0860. The second-order valence-electron chi connectivity index (χ2n) is 3.21. The Bertz CT molecular complexity index is 244. The van der Waals surface area contributed by atoms with Gasteiger partial charge in [-0.1, -0.05) is 0 Å². The molecule has 0 radical (unpaired) electrons. The first-order valence-electron chi connectivity index (χ1n) is 4.91. The SMILES string of the molecule is CNCOCCCS(=O)(=O)NC(C)NC. The number of sulfonamides is 1. The summed E-state index contributed by atoms with van der Waals surface area (Å²) >= 11 is 0. The van der Waals surface area contributed by atoms with E-state index >= 15 is 0 Å². The second kappa shape index (κ2) is 8.00. The normalized spacial score (nSPS) is 14.1. The van der Waals surface area contributed by atoms with Gasteiger partial charge in [0.1, 0.15) is 0 Å². The highest BCUT2D eigenvalue weighted by Crippen LogP contribution is 1.91. The molecule has 0 spiro atoms. The molecule has 0 amide bonds. The maximum absolute atomic E-state index is 11.4. The topological polar surface area (TPSA) is 79.5 Å². The molecule has 0 aromatic heterocycles. The summed E-state index contributed by atoms with van der Waals surface area (Å²) < 4.78 is 30.4. The molecule has 0 fully saturated rings. The quantitative estimate of drug-likeness (QED) is 0.357. The van der Waals surface area contributed by atoms with Crippen LogP contribution in [-0.2, 0) is 14.8 Å². The molecule has 0 bridgehead atoms. The van der Waals surface area contributed by atoms with Crippen molar-refractivity contribution in [3.63, 3.8) is 0 Å². The molecule has 0 saturated heterocycles. The van der Waals surface area contributed by atoms with E-state index in [1.54, 1.807) is 21.0 Å². The zero-order valence-corrected chi connectivity index (χ0v) is 10.4. The lowest BCUT2D eigenvalue weighted by Gasteiger charge is -2.12. The Morgan fingerprint density at radius 2 is 2.00 bits per heavy atom. The van der Waals surface area contributed by atoms with Crippen LogP contribution >= 0.6 is 0 Å². The van der Waals surface area contributed by atoms with Crippen LogP contribution in [0.25, 0.3) is 0 Å². The van der Waals surface area contributed by atoms with E-state index in [2.05, 4.69) is 15.4 Å². The molecule has 0 aromatic carbocycles. The number of nitrogens with one attached hydrogen (secondary N) is 3. The van der Waals surface area contributed by atoms with Gasteiger partial charge >= 0.3 is 0 Å². The van der Waals surface area contributed by atoms with Gasteiger partial charge in [-0.25, -0.2) is 8.42 Å². The Kier molecular flexibility index (Phi) is 7.89. The summed E-state index contributed by atoms with van der Waals surface area (Å²) in [6.45, 7) is 2.63. The fraction of sp³-hybridized carbons (Fsp3) is 1.00. The largest absolute Gasteiger partial charge is 0.366 e. The molecule has 0 aliphatic rings. The van der Waals surface area contributed by atoms with Gasteiger partial charge in [0.2, 0.25) is 10.0 Å². The molecule has 0 aliphatic heterocycles. The van der Waals surface area contributed by atoms with Crippen molar-refractivity contribution in [2.75, 3.05) is 33.2 Å². The minimum Gasteiger partial charge on any atom is -0.366 e. The van der Waals surface area contributed by atoms with E-state index in [1.807, 2.05) is 0 Å². The fourth-order valence-corrected chi connectivity index (χ4v) is 2.18. The fourth-order valence-electron chi connectivity index (χ4n) is 0.912. The van der Waals surface area contributed by atoms with Crippen molar-refractivity contribution in [2.24, 2.45) is 0 Å². The van der Waals surface area contributed by atoms with Crippen LogP contribution in [0, 0.1) is 0 Å². The number of ether oxygens (including phenoxy) is 1. The molecule has 1 unspecified atom stereocenters. The Morgan fingerprint density at radius 1 is 1.33 bits per heavy atom. The maximum atomic E-state index is 11.4. The van der Waals surface area contributed by atoms with Crippen LogP contribution in [0.15, 0.2) is 0 Å². The molecule has 0 saturated carbocycles. The van der Waals surface area contributed by atoms with Crippen molar-refractivity contribution in [3.8, 4) is 0 Å². The maximum Gasteiger partial charge on any atom is 0.213 e. The van der Waals surface area contributed by atoms with E-state index in [9.17, 15) is 8.42 Å². The van der Waals surface area contributed by atoms with E-state index in [1.165, 1.54) is 0 Å². The molecule has 0 aromatic rings. The number of hydrogen-bond donors (Lipinski definition) is 3. The van der Waals surface area contributed by atoms with Crippen molar-refractivity contribution in [3.05, 3.63) is 0 Å². The zero-order valence-electron chi connectivity index (χ0n) is 9.54. The van der Waals surface area contributed by atoms with Crippen LogP contribution in [-0.4, -0.2) is 47.8 Å². The van der Waals surface area contributed by atoms with Crippen molar-refractivity contribution in [1.82, 2.24) is 15.4 Å². The van der Waals surface area contributed by atoms with E-state index in [0.717, 1.165) is 0 Å². The van der Waals surface area contributed by atoms with Crippen LogP contribution < -0.4 is 15.4 Å². The summed E-state index contributed by atoms with van der Waals surface area (Å²) in [5.41, 5.74) is 0. The van der Waals surface area contributed by atoms with Gasteiger partial charge in [0.25, 0.3) is 0 Å². The van der Waals surface area contributed by atoms with Crippen molar-refractivity contribution >= 4 is 10.0 Å². The van der Waals surface area contributed by atoms with Gasteiger partial charge in [-0.15, -0.1) is 0 Å². The first kappa shape index (κ1) is 14.8. The molecule has 0 heterocycles. The summed E-state index contributed by atoms with van der Waals surface area (Å²) in [4.78, 5) is 0. The van der Waals surface area contributed by atoms with Gasteiger partial charge in [0.15, 0.2) is 0 Å². The summed E-state index contributed by atoms with van der Waals surface area (Å²) in [7, 11) is 0.275. The highest BCUT2D eigenvalue weighted by atomic mass is 32.2.